The van der Waals surface area contributed by atoms with E-state index in [1.165, 1.54) is 23.5 Å². The number of urea groups is 1. The zero-order valence-corrected chi connectivity index (χ0v) is 17.7. The third-order valence-corrected chi connectivity index (χ3v) is 5.90. The Morgan fingerprint density at radius 1 is 1.10 bits per heavy atom. The Morgan fingerprint density at radius 3 is 2.35 bits per heavy atom. The van der Waals surface area contributed by atoms with Gasteiger partial charge in [0.15, 0.2) is 11.6 Å². The molecule has 1 aromatic carbocycles. The highest BCUT2D eigenvalue weighted by molar-refractivity contribution is 7.03. The van der Waals surface area contributed by atoms with Crippen LogP contribution in [0.4, 0.5) is 19.3 Å². The monoisotopic (exact) mass is 441 g/mol. The van der Waals surface area contributed by atoms with E-state index in [0.29, 0.717) is 16.0 Å². The number of aromatic nitrogens is 3. The van der Waals surface area contributed by atoms with Crippen molar-refractivity contribution in [1.29, 1.82) is 0 Å². The SMILES string of the molecule is CN1C(=O)N(c2c(F)cc(C#Cc3cnsc3)cc2F)C(=O)C[C@@]1(C)c1cnn(C)c1. The lowest BCUT2D eigenvalue weighted by atomic mass is 9.87. The minimum absolute atomic E-state index is 0.0791. The summed E-state index contributed by atoms with van der Waals surface area (Å²) in [5.74, 6) is 2.60. The van der Waals surface area contributed by atoms with Crippen LogP contribution in [-0.2, 0) is 17.4 Å². The van der Waals surface area contributed by atoms with Crippen molar-refractivity contribution < 1.29 is 18.4 Å². The molecule has 31 heavy (non-hydrogen) atoms. The number of benzene rings is 1. The lowest BCUT2D eigenvalue weighted by molar-refractivity contribution is -0.122. The van der Waals surface area contributed by atoms with Crippen LogP contribution in [0.15, 0.2) is 36.1 Å². The van der Waals surface area contributed by atoms with Gasteiger partial charge in [-0.3, -0.25) is 9.48 Å². The third-order valence-electron chi connectivity index (χ3n) is 5.31. The van der Waals surface area contributed by atoms with Crippen molar-refractivity contribution in [3.05, 3.63) is 64.4 Å². The van der Waals surface area contributed by atoms with Crippen molar-refractivity contribution in [1.82, 2.24) is 19.1 Å². The standard InChI is InChI=1S/C21H17F2N5O2S/c1-21(15-10-24-26(2)11-15)8-18(29)28(20(30)27(21)3)19-16(22)6-13(7-17(19)23)4-5-14-9-25-31-12-14/h6-7,9-12H,8H2,1-3H3/t21-/m0/s1. The summed E-state index contributed by atoms with van der Waals surface area (Å²) in [6.45, 7) is 1.71. The van der Waals surface area contributed by atoms with Crippen LogP contribution in [0.25, 0.3) is 0 Å². The maximum atomic E-state index is 14.9. The third kappa shape index (κ3) is 3.57. The number of aryl methyl sites for hydroxylation is 1. The molecule has 3 aromatic rings. The molecule has 0 aliphatic carbocycles. The number of anilines is 1. The summed E-state index contributed by atoms with van der Waals surface area (Å²) >= 11 is 1.21. The number of nitrogens with zero attached hydrogens (tertiary/aromatic N) is 5. The van der Waals surface area contributed by atoms with Crippen LogP contribution in [0.1, 0.15) is 30.0 Å². The van der Waals surface area contributed by atoms with Crippen LogP contribution in [0.3, 0.4) is 0 Å². The molecule has 10 heteroatoms. The molecule has 0 saturated carbocycles. The Kier molecular flexibility index (Phi) is 5.07. The van der Waals surface area contributed by atoms with Crippen LogP contribution in [0.5, 0.6) is 0 Å². The van der Waals surface area contributed by atoms with Crippen molar-refractivity contribution in [2.75, 3.05) is 11.9 Å². The molecule has 0 N–H and O–H groups in total. The Bertz CT molecular complexity index is 1220. The van der Waals surface area contributed by atoms with Gasteiger partial charge in [-0.2, -0.15) is 9.47 Å². The molecule has 1 aliphatic rings. The summed E-state index contributed by atoms with van der Waals surface area (Å²) in [6.07, 6.45) is 4.64. The van der Waals surface area contributed by atoms with E-state index < -0.39 is 34.8 Å². The second-order valence-corrected chi connectivity index (χ2v) is 8.03. The number of amides is 3. The van der Waals surface area contributed by atoms with E-state index in [9.17, 15) is 18.4 Å². The lowest BCUT2D eigenvalue weighted by Gasteiger charge is -2.45. The molecule has 0 radical (unpaired) electrons. The van der Waals surface area contributed by atoms with Crippen molar-refractivity contribution in [2.24, 2.45) is 7.05 Å². The fourth-order valence-corrected chi connectivity index (χ4v) is 3.91. The van der Waals surface area contributed by atoms with E-state index in [1.54, 1.807) is 42.6 Å². The summed E-state index contributed by atoms with van der Waals surface area (Å²) in [7, 11) is 3.20. The predicted molar refractivity (Wildman–Crippen MR) is 110 cm³/mol. The van der Waals surface area contributed by atoms with Gasteiger partial charge in [0.1, 0.15) is 5.69 Å². The Morgan fingerprint density at radius 2 is 1.77 bits per heavy atom. The number of imide groups is 1. The molecule has 2 aromatic heterocycles. The second-order valence-electron chi connectivity index (χ2n) is 7.38. The zero-order chi connectivity index (χ0) is 22.3. The fraction of sp³-hybridized carbons (Fsp3) is 0.238. The second kappa shape index (κ2) is 7.59. The lowest BCUT2D eigenvalue weighted by Crippen LogP contribution is -2.60. The summed E-state index contributed by atoms with van der Waals surface area (Å²) < 4.78 is 35.2. The van der Waals surface area contributed by atoms with Gasteiger partial charge in [-0.25, -0.2) is 18.5 Å². The highest BCUT2D eigenvalue weighted by atomic mass is 32.1. The molecule has 158 valence electrons. The normalized spacial score (nSPS) is 18.9. The van der Waals surface area contributed by atoms with E-state index in [1.807, 2.05) is 0 Å². The number of rotatable bonds is 2. The number of halogens is 2. The molecule has 1 fully saturated rings. The largest absolute Gasteiger partial charge is 0.332 e. The van der Waals surface area contributed by atoms with Gasteiger partial charge in [-0.1, -0.05) is 11.8 Å². The molecular formula is C21H17F2N5O2S. The van der Waals surface area contributed by atoms with Crippen molar-refractivity contribution >= 4 is 29.2 Å². The molecule has 7 nitrogen and oxygen atoms in total. The number of carbonyl (C=O) groups is 2. The number of hydrogen-bond donors (Lipinski definition) is 0. The maximum Gasteiger partial charge on any atom is 0.332 e. The zero-order valence-electron chi connectivity index (χ0n) is 16.9. The Labute approximate surface area is 181 Å². The molecule has 0 spiro atoms. The Balaban J connectivity index is 1.68. The topological polar surface area (TPSA) is 71.3 Å². The molecule has 1 aliphatic heterocycles. The first-order valence-corrected chi connectivity index (χ1v) is 10.0. The highest BCUT2D eigenvalue weighted by Crippen LogP contribution is 2.38. The Hall–Kier alpha value is -3.58. The molecular weight excluding hydrogens is 424 g/mol. The van der Waals surface area contributed by atoms with E-state index in [4.69, 9.17) is 0 Å². The van der Waals surface area contributed by atoms with Crippen LogP contribution < -0.4 is 4.90 Å². The first-order valence-electron chi connectivity index (χ1n) is 9.21. The summed E-state index contributed by atoms with van der Waals surface area (Å²) in [5, 5.41) is 5.79. The van der Waals surface area contributed by atoms with Gasteiger partial charge in [-0.05, 0) is 30.6 Å². The molecule has 3 heterocycles. The average molecular weight is 441 g/mol. The molecule has 1 saturated heterocycles. The summed E-state index contributed by atoms with van der Waals surface area (Å²) in [4.78, 5) is 27.8. The van der Waals surface area contributed by atoms with Crippen molar-refractivity contribution in [3.8, 4) is 11.8 Å². The van der Waals surface area contributed by atoms with Crippen LogP contribution >= 0.6 is 11.5 Å². The quantitative estimate of drug-likeness (QED) is 0.573. The van der Waals surface area contributed by atoms with Gasteiger partial charge in [0.2, 0.25) is 5.91 Å². The van der Waals surface area contributed by atoms with E-state index >= 15 is 0 Å². The van der Waals surface area contributed by atoms with Gasteiger partial charge >= 0.3 is 6.03 Å². The van der Waals surface area contributed by atoms with E-state index in [0.717, 1.165) is 12.1 Å². The minimum Gasteiger partial charge on any atom is -0.317 e. The fourth-order valence-electron chi connectivity index (χ4n) is 3.44. The van der Waals surface area contributed by atoms with Gasteiger partial charge < -0.3 is 4.90 Å². The van der Waals surface area contributed by atoms with E-state index in [2.05, 4.69) is 21.3 Å². The minimum atomic E-state index is -1.05. The van der Waals surface area contributed by atoms with Gasteiger partial charge in [0.05, 0.1) is 29.9 Å². The van der Waals surface area contributed by atoms with E-state index in [-0.39, 0.29) is 12.0 Å². The summed E-state index contributed by atoms with van der Waals surface area (Å²) in [6, 6.07) is 1.17. The highest BCUT2D eigenvalue weighted by Gasteiger charge is 2.48. The van der Waals surface area contributed by atoms with Crippen LogP contribution in [0, 0.1) is 23.5 Å². The van der Waals surface area contributed by atoms with Crippen molar-refractivity contribution in [3.63, 3.8) is 0 Å². The van der Waals surface area contributed by atoms with Gasteiger partial charge in [0.25, 0.3) is 0 Å². The number of carbonyl (C=O) groups excluding carboxylic acids is 2. The van der Waals surface area contributed by atoms with Crippen molar-refractivity contribution in [2.45, 2.75) is 18.9 Å². The maximum absolute atomic E-state index is 14.9. The molecule has 0 bridgehead atoms. The predicted octanol–water partition coefficient (Wildman–Crippen LogP) is 3.26. The van der Waals surface area contributed by atoms with Gasteiger partial charge in [-0.15, -0.1) is 0 Å². The summed E-state index contributed by atoms with van der Waals surface area (Å²) in [5.41, 5.74) is -0.361. The van der Waals surface area contributed by atoms with Crippen LogP contribution in [0.2, 0.25) is 0 Å². The van der Waals surface area contributed by atoms with Crippen LogP contribution in [-0.4, -0.2) is 38.0 Å². The molecule has 1 atom stereocenters. The molecule has 0 unspecified atom stereocenters. The first-order chi connectivity index (χ1) is 14.7. The first kappa shape index (κ1) is 20.7. The molecule has 3 amide bonds. The molecule has 4 rings (SSSR count). The van der Waals surface area contributed by atoms with Gasteiger partial charge in [0, 0.05) is 36.8 Å². The average Bonchev–Trinajstić information content (AvgIpc) is 3.38. The smallest absolute Gasteiger partial charge is 0.317 e. The number of hydrogen-bond acceptors (Lipinski definition) is 5.